The molecule has 1 aromatic heterocycles. The van der Waals surface area contributed by atoms with E-state index >= 15 is 0 Å². The van der Waals surface area contributed by atoms with Gasteiger partial charge in [-0.1, -0.05) is 6.92 Å². The molecule has 0 amide bonds. The summed E-state index contributed by atoms with van der Waals surface area (Å²) in [6.45, 7) is 7.99. The summed E-state index contributed by atoms with van der Waals surface area (Å²) in [7, 11) is 0. The number of nitrogens with two attached hydrogens (primary N) is 1. The molecular weight excluding hydrogens is 226 g/mol. The van der Waals surface area contributed by atoms with Crippen molar-refractivity contribution in [1.29, 1.82) is 0 Å². The zero-order valence-electron chi connectivity index (χ0n) is 11.5. The van der Waals surface area contributed by atoms with Gasteiger partial charge in [0, 0.05) is 12.6 Å². The van der Waals surface area contributed by atoms with Crippen LogP contribution < -0.4 is 10.6 Å². The predicted octanol–water partition coefficient (Wildman–Crippen LogP) is 2.11. The maximum atomic E-state index is 5.82. The van der Waals surface area contributed by atoms with E-state index in [2.05, 4.69) is 29.8 Å². The minimum atomic E-state index is -0.00960. The average molecular weight is 249 g/mol. The van der Waals surface area contributed by atoms with E-state index in [-0.39, 0.29) is 12.1 Å². The van der Waals surface area contributed by atoms with E-state index in [0.29, 0.717) is 6.04 Å². The number of aromatic nitrogens is 1. The van der Waals surface area contributed by atoms with Gasteiger partial charge in [0.1, 0.15) is 0 Å². The Kier molecular flexibility index (Phi) is 4.19. The van der Waals surface area contributed by atoms with E-state index in [1.54, 1.807) is 0 Å². The molecule has 1 aliphatic rings. The van der Waals surface area contributed by atoms with Gasteiger partial charge in [0.15, 0.2) is 0 Å². The zero-order valence-corrected chi connectivity index (χ0v) is 11.5. The fraction of sp³-hybridized carbons (Fsp3) is 0.643. The summed E-state index contributed by atoms with van der Waals surface area (Å²) in [6.07, 6.45) is 3.29. The van der Waals surface area contributed by atoms with Gasteiger partial charge in [0.25, 0.3) is 0 Å². The molecule has 3 atom stereocenters. The highest BCUT2D eigenvalue weighted by molar-refractivity contribution is 5.46. The SMILES string of the molecule is CCC1COC(C)CN1c1ccc(C(C)N)nc1. The molecule has 18 heavy (non-hydrogen) atoms. The van der Waals surface area contributed by atoms with Crippen LogP contribution in [0.5, 0.6) is 0 Å². The van der Waals surface area contributed by atoms with Crippen LogP contribution in [-0.2, 0) is 4.74 Å². The fourth-order valence-corrected chi connectivity index (χ4v) is 2.34. The third kappa shape index (κ3) is 2.82. The third-order valence-corrected chi connectivity index (χ3v) is 3.51. The lowest BCUT2D eigenvalue weighted by Crippen LogP contribution is -2.48. The molecule has 100 valence electrons. The second kappa shape index (κ2) is 5.67. The molecule has 0 aliphatic carbocycles. The molecule has 0 radical (unpaired) electrons. The first-order chi connectivity index (χ1) is 8.61. The number of pyridine rings is 1. The Morgan fingerprint density at radius 1 is 1.56 bits per heavy atom. The van der Waals surface area contributed by atoms with Gasteiger partial charge in [-0.05, 0) is 32.4 Å². The number of hydrogen-bond acceptors (Lipinski definition) is 4. The lowest BCUT2D eigenvalue weighted by atomic mass is 10.1. The lowest BCUT2D eigenvalue weighted by Gasteiger charge is -2.39. The largest absolute Gasteiger partial charge is 0.375 e. The van der Waals surface area contributed by atoms with E-state index in [9.17, 15) is 0 Å². The molecule has 3 unspecified atom stereocenters. The summed E-state index contributed by atoms with van der Waals surface area (Å²) >= 11 is 0. The van der Waals surface area contributed by atoms with E-state index < -0.39 is 0 Å². The highest BCUT2D eigenvalue weighted by Crippen LogP contribution is 2.23. The zero-order chi connectivity index (χ0) is 13.1. The number of anilines is 1. The molecule has 0 bridgehead atoms. The number of nitrogens with zero attached hydrogens (tertiary/aromatic N) is 2. The average Bonchev–Trinajstić information content (AvgIpc) is 2.39. The molecule has 1 aromatic rings. The molecule has 4 nitrogen and oxygen atoms in total. The third-order valence-electron chi connectivity index (χ3n) is 3.51. The van der Waals surface area contributed by atoms with Gasteiger partial charge in [-0.2, -0.15) is 0 Å². The number of morpholine rings is 1. The summed E-state index contributed by atoms with van der Waals surface area (Å²) in [5.74, 6) is 0. The van der Waals surface area contributed by atoms with Crippen molar-refractivity contribution in [2.75, 3.05) is 18.1 Å². The Morgan fingerprint density at radius 3 is 2.89 bits per heavy atom. The molecule has 0 saturated carbocycles. The second-order valence-electron chi connectivity index (χ2n) is 5.09. The first-order valence-corrected chi connectivity index (χ1v) is 6.71. The Morgan fingerprint density at radius 2 is 2.33 bits per heavy atom. The van der Waals surface area contributed by atoms with Crippen molar-refractivity contribution in [1.82, 2.24) is 4.98 Å². The molecule has 1 aliphatic heterocycles. The minimum absolute atomic E-state index is 0.00960. The molecule has 2 heterocycles. The van der Waals surface area contributed by atoms with E-state index in [4.69, 9.17) is 10.5 Å². The van der Waals surface area contributed by atoms with Gasteiger partial charge in [0.05, 0.1) is 36.3 Å². The standard InChI is InChI=1S/C14H23N3O/c1-4-12-9-18-10(2)8-17(12)13-5-6-14(11(3)15)16-7-13/h5-7,10-12H,4,8-9,15H2,1-3H3. The summed E-state index contributed by atoms with van der Waals surface area (Å²) < 4.78 is 5.71. The molecule has 0 aromatic carbocycles. The van der Waals surface area contributed by atoms with Crippen molar-refractivity contribution in [3.8, 4) is 0 Å². The minimum Gasteiger partial charge on any atom is -0.375 e. The van der Waals surface area contributed by atoms with Crippen LogP contribution in [0.15, 0.2) is 18.3 Å². The second-order valence-corrected chi connectivity index (χ2v) is 5.09. The van der Waals surface area contributed by atoms with Crippen LogP contribution in [0.3, 0.4) is 0 Å². The number of rotatable bonds is 3. The monoisotopic (exact) mass is 249 g/mol. The smallest absolute Gasteiger partial charge is 0.0723 e. The molecular formula is C14H23N3O. The van der Waals surface area contributed by atoms with Crippen molar-refractivity contribution in [3.05, 3.63) is 24.0 Å². The number of ether oxygens (including phenoxy) is 1. The van der Waals surface area contributed by atoms with Gasteiger partial charge in [-0.25, -0.2) is 0 Å². The van der Waals surface area contributed by atoms with E-state index in [1.807, 2.05) is 19.2 Å². The van der Waals surface area contributed by atoms with E-state index in [0.717, 1.165) is 25.3 Å². The first kappa shape index (κ1) is 13.3. The molecule has 4 heteroatoms. The fourth-order valence-electron chi connectivity index (χ4n) is 2.34. The summed E-state index contributed by atoms with van der Waals surface area (Å²) in [5.41, 5.74) is 7.93. The van der Waals surface area contributed by atoms with Crippen LogP contribution >= 0.6 is 0 Å². The normalized spacial score (nSPS) is 26.1. The van der Waals surface area contributed by atoms with Crippen molar-refractivity contribution in [3.63, 3.8) is 0 Å². The maximum Gasteiger partial charge on any atom is 0.0723 e. The number of hydrogen-bond donors (Lipinski definition) is 1. The highest BCUT2D eigenvalue weighted by Gasteiger charge is 2.25. The molecule has 0 spiro atoms. The van der Waals surface area contributed by atoms with Gasteiger partial charge in [0.2, 0.25) is 0 Å². The predicted molar refractivity (Wildman–Crippen MR) is 73.7 cm³/mol. The van der Waals surface area contributed by atoms with Crippen molar-refractivity contribution in [2.24, 2.45) is 5.73 Å². The Balaban J connectivity index is 2.17. The lowest BCUT2D eigenvalue weighted by molar-refractivity contribution is 0.0299. The van der Waals surface area contributed by atoms with Crippen molar-refractivity contribution < 1.29 is 4.74 Å². The molecule has 2 N–H and O–H groups in total. The maximum absolute atomic E-state index is 5.82. The van der Waals surface area contributed by atoms with Gasteiger partial charge < -0.3 is 15.4 Å². The first-order valence-electron chi connectivity index (χ1n) is 6.71. The van der Waals surface area contributed by atoms with Gasteiger partial charge in [-0.15, -0.1) is 0 Å². The highest BCUT2D eigenvalue weighted by atomic mass is 16.5. The van der Waals surface area contributed by atoms with Crippen LogP contribution in [0.4, 0.5) is 5.69 Å². The quantitative estimate of drug-likeness (QED) is 0.891. The molecule has 2 rings (SSSR count). The van der Waals surface area contributed by atoms with Crippen LogP contribution in [0.25, 0.3) is 0 Å². The summed E-state index contributed by atoms with van der Waals surface area (Å²) in [6, 6.07) is 4.58. The van der Waals surface area contributed by atoms with Gasteiger partial charge >= 0.3 is 0 Å². The van der Waals surface area contributed by atoms with Crippen molar-refractivity contribution in [2.45, 2.75) is 45.4 Å². The van der Waals surface area contributed by atoms with Crippen molar-refractivity contribution >= 4 is 5.69 Å². The van der Waals surface area contributed by atoms with Gasteiger partial charge in [-0.3, -0.25) is 4.98 Å². The van der Waals surface area contributed by atoms with E-state index in [1.165, 1.54) is 5.69 Å². The Labute approximate surface area is 109 Å². The van der Waals surface area contributed by atoms with Crippen LogP contribution in [0.2, 0.25) is 0 Å². The summed E-state index contributed by atoms with van der Waals surface area (Å²) in [4.78, 5) is 6.83. The molecule has 1 fully saturated rings. The molecule has 1 saturated heterocycles. The van der Waals surface area contributed by atoms with Crippen LogP contribution in [0.1, 0.15) is 38.9 Å². The van der Waals surface area contributed by atoms with Crippen LogP contribution in [-0.4, -0.2) is 30.3 Å². The summed E-state index contributed by atoms with van der Waals surface area (Å²) in [5, 5.41) is 0. The Bertz CT molecular complexity index is 377. The topological polar surface area (TPSA) is 51.4 Å². The Hall–Kier alpha value is -1.13. The van der Waals surface area contributed by atoms with Crippen LogP contribution in [0, 0.1) is 0 Å².